The number of carbonyl (C=O) groups excluding carboxylic acids is 1. The highest BCUT2D eigenvalue weighted by Crippen LogP contribution is 2.23. The molecule has 3 unspecified atom stereocenters. The summed E-state index contributed by atoms with van der Waals surface area (Å²) >= 11 is 0. The van der Waals surface area contributed by atoms with Crippen molar-refractivity contribution in [3.8, 4) is 0 Å². The zero-order valence-electron chi connectivity index (χ0n) is 15.8. The molecule has 0 radical (unpaired) electrons. The summed E-state index contributed by atoms with van der Waals surface area (Å²) in [5.74, 6) is -1.42. The minimum absolute atomic E-state index is 0.0658. The van der Waals surface area contributed by atoms with Crippen LogP contribution in [0.1, 0.15) is 33.6 Å². The standard InChI is InChI=1S/C18H27N3O5S/c1-4-13(3)20-27(25,26)16-7-5-6-15(9-16)19-18(24)21-10-12(2)8-14(11-21)17(22)23/h5-7,9,12-14,20H,4,8,10-11H2,1-3H3,(H,19,24)(H,22,23). The van der Waals surface area contributed by atoms with Crippen LogP contribution in [0.2, 0.25) is 0 Å². The highest BCUT2D eigenvalue weighted by atomic mass is 32.2. The highest BCUT2D eigenvalue weighted by Gasteiger charge is 2.32. The van der Waals surface area contributed by atoms with Crippen molar-refractivity contribution in [3.63, 3.8) is 0 Å². The van der Waals surface area contributed by atoms with Gasteiger partial charge in [-0.25, -0.2) is 17.9 Å². The Morgan fingerprint density at radius 3 is 2.67 bits per heavy atom. The van der Waals surface area contributed by atoms with Crippen LogP contribution in [0.4, 0.5) is 10.5 Å². The molecule has 0 aromatic heterocycles. The van der Waals surface area contributed by atoms with E-state index in [1.807, 2.05) is 13.8 Å². The lowest BCUT2D eigenvalue weighted by Crippen LogP contribution is -2.47. The third-order valence-corrected chi connectivity index (χ3v) is 6.25. The number of carboxylic acid groups (broad SMARTS) is 1. The molecule has 8 nitrogen and oxygen atoms in total. The van der Waals surface area contributed by atoms with E-state index < -0.39 is 27.9 Å². The van der Waals surface area contributed by atoms with Gasteiger partial charge in [0.2, 0.25) is 10.0 Å². The van der Waals surface area contributed by atoms with Crippen LogP contribution in [0.15, 0.2) is 29.2 Å². The number of sulfonamides is 1. The van der Waals surface area contributed by atoms with Crippen molar-refractivity contribution in [3.05, 3.63) is 24.3 Å². The fourth-order valence-electron chi connectivity index (χ4n) is 3.06. The first-order valence-corrected chi connectivity index (χ1v) is 10.5. The molecule has 1 fully saturated rings. The Morgan fingerprint density at radius 2 is 2.04 bits per heavy atom. The predicted octanol–water partition coefficient (Wildman–Crippen LogP) is 2.34. The molecule has 1 aliphatic heterocycles. The number of likely N-dealkylation sites (tertiary alicyclic amines) is 1. The molecule has 1 saturated heterocycles. The molecule has 3 atom stereocenters. The molecule has 0 aliphatic carbocycles. The number of aliphatic carboxylic acids is 1. The SMILES string of the molecule is CCC(C)NS(=O)(=O)c1cccc(NC(=O)N2CC(C)CC(C(=O)O)C2)c1. The Kier molecular flexibility index (Phi) is 6.83. The summed E-state index contributed by atoms with van der Waals surface area (Å²) in [5.41, 5.74) is 0.345. The van der Waals surface area contributed by atoms with Crippen molar-refractivity contribution in [2.45, 2.75) is 44.6 Å². The molecule has 1 aromatic carbocycles. The summed E-state index contributed by atoms with van der Waals surface area (Å²) in [7, 11) is -3.68. The van der Waals surface area contributed by atoms with Gasteiger partial charge in [-0.1, -0.05) is 19.9 Å². The molecule has 27 heavy (non-hydrogen) atoms. The summed E-state index contributed by atoms with van der Waals surface area (Å²) < 4.78 is 27.4. The van der Waals surface area contributed by atoms with Gasteiger partial charge in [-0.3, -0.25) is 4.79 Å². The monoisotopic (exact) mass is 397 g/mol. The number of urea groups is 1. The second-order valence-corrected chi connectivity index (χ2v) is 8.88. The average molecular weight is 397 g/mol. The molecule has 2 amide bonds. The van der Waals surface area contributed by atoms with Gasteiger partial charge in [0.25, 0.3) is 0 Å². The molecule has 1 aliphatic rings. The number of hydrogen-bond donors (Lipinski definition) is 3. The average Bonchev–Trinajstić information content (AvgIpc) is 2.60. The Labute approximate surface area is 160 Å². The Bertz CT molecular complexity index is 796. The number of nitrogens with one attached hydrogen (secondary N) is 2. The number of anilines is 1. The Morgan fingerprint density at radius 1 is 1.33 bits per heavy atom. The van der Waals surface area contributed by atoms with Gasteiger partial charge in [0, 0.05) is 24.8 Å². The summed E-state index contributed by atoms with van der Waals surface area (Å²) in [5, 5.41) is 11.9. The van der Waals surface area contributed by atoms with E-state index in [-0.39, 0.29) is 23.4 Å². The largest absolute Gasteiger partial charge is 0.481 e. The van der Waals surface area contributed by atoms with E-state index in [0.29, 0.717) is 25.1 Å². The summed E-state index contributed by atoms with van der Waals surface area (Å²) in [6, 6.07) is 5.38. The first-order chi connectivity index (χ1) is 12.6. The number of carbonyl (C=O) groups is 2. The number of piperidine rings is 1. The van der Waals surface area contributed by atoms with Crippen molar-refractivity contribution in [1.82, 2.24) is 9.62 Å². The van der Waals surface area contributed by atoms with Crippen LogP contribution in [-0.4, -0.2) is 49.6 Å². The molecule has 0 bridgehead atoms. The van der Waals surface area contributed by atoms with Crippen molar-refractivity contribution >= 4 is 27.7 Å². The first kappa shape index (κ1) is 21.2. The second kappa shape index (κ2) is 8.71. The number of amides is 2. The van der Waals surface area contributed by atoms with Gasteiger partial charge < -0.3 is 15.3 Å². The molecule has 0 spiro atoms. The minimum Gasteiger partial charge on any atom is -0.481 e. The number of rotatable bonds is 6. The lowest BCUT2D eigenvalue weighted by atomic mass is 9.91. The van der Waals surface area contributed by atoms with Gasteiger partial charge in [-0.2, -0.15) is 0 Å². The predicted molar refractivity (Wildman–Crippen MR) is 102 cm³/mol. The fourth-order valence-corrected chi connectivity index (χ4v) is 4.43. The van der Waals surface area contributed by atoms with Crippen LogP contribution in [-0.2, 0) is 14.8 Å². The van der Waals surface area contributed by atoms with E-state index in [9.17, 15) is 23.1 Å². The fraction of sp³-hybridized carbons (Fsp3) is 0.556. The van der Waals surface area contributed by atoms with Crippen molar-refractivity contribution in [2.75, 3.05) is 18.4 Å². The molecule has 150 valence electrons. The maximum Gasteiger partial charge on any atom is 0.321 e. The zero-order chi connectivity index (χ0) is 20.2. The summed E-state index contributed by atoms with van der Waals surface area (Å²) in [4.78, 5) is 25.3. The van der Waals surface area contributed by atoms with Gasteiger partial charge in [-0.15, -0.1) is 0 Å². The number of carboxylic acids is 1. The minimum atomic E-state index is -3.68. The Hall–Kier alpha value is -2.13. The van der Waals surface area contributed by atoms with Crippen LogP contribution < -0.4 is 10.0 Å². The van der Waals surface area contributed by atoms with E-state index in [1.54, 1.807) is 19.1 Å². The topological polar surface area (TPSA) is 116 Å². The van der Waals surface area contributed by atoms with E-state index in [2.05, 4.69) is 10.0 Å². The van der Waals surface area contributed by atoms with E-state index >= 15 is 0 Å². The van der Waals surface area contributed by atoms with Gasteiger partial charge in [-0.05, 0) is 43.9 Å². The third kappa shape index (κ3) is 5.67. The van der Waals surface area contributed by atoms with Gasteiger partial charge in [0.05, 0.1) is 10.8 Å². The van der Waals surface area contributed by atoms with Crippen molar-refractivity contribution < 1.29 is 23.1 Å². The number of benzene rings is 1. The molecule has 3 N–H and O–H groups in total. The smallest absolute Gasteiger partial charge is 0.321 e. The maximum absolute atomic E-state index is 12.5. The lowest BCUT2D eigenvalue weighted by molar-refractivity contribution is -0.143. The molecule has 9 heteroatoms. The quantitative estimate of drug-likeness (QED) is 0.681. The highest BCUT2D eigenvalue weighted by molar-refractivity contribution is 7.89. The first-order valence-electron chi connectivity index (χ1n) is 9.03. The maximum atomic E-state index is 12.5. The Balaban J connectivity index is 2.11. The van der Waals surface area contributed by atoms with Crippen molar-refractivity contribution in [2.24, 2.45) is 11.8 Å². The summed E-state index contributed by atoms with van der Waals surface area (Å²) in [6.07, 6.45) is 1.20. The van der Waals surface area contributed by atoms with Crippen LogP contribution >= 0.6 is 0 Å². The number of nitrogens with zero attached hydrogens (tertiary/aromatic N) is 1. The number of hydrogen-bond acceptors (Lipinski definition) is 4. The molecule has 2 rings (SSSR count). The molecule has 1 heterocycles. The zero-order valence-corrected chi connectivity index (χ0v) is 16.6. The van der Waals surface area contributed by atoms with Crippen LogP contribution in [0.5, 0.6) is 0 Å². The molecular weight excluding hydrogens is 370 g/mol. The molecule has 0 saturated carbocycles. The molecule has 1 aromatic rings. The van der Waals surface area contributed by atoms with E-state index in [4.69, 9.17) is 0 Å². The van der Waals surface area contributed by atoms with E-state index in [1.165, 1.54) is 17.0 Å². The normalized spacial score (nSPS) is 21.5. The lowest BCUT2D eigenvalue weighted by Gasteiger charge is -2.34. The van der Waals surface area contributed by atoms with Crippen LogP contribution in [0.3, 0.4) is 0 Å². The van der Waals surface area contributed by atoms with Gasteiger partial charge in [0.1, 0.15) is 0 Å². The van der Waals surface area contributed by atoms with E-state index in [0.717, 1.165) is 0 Å². The van der Waals surface area contributed by atoms with Crippen molar-refractivity contribution in [1.29, 1.82) is 0 Å². The van der Waals surface area contributed by atoms with Crippen LogP contribution in [0.25, 0.3) is 0 Å². The molecular formula is C18H27N3O5S. The van der Waals surface area contributed by atoms with Gasteiger partial charge in [0.15, 0.2) is 0 Å². The van der Waals surface area contributed by atoms with Gasteiger partial charge >= 0.3 is 12.0 Å². The second-order valence-electron chi connectivity index (χ2n) is 7.17. The van der Waals surface area contributed by atoms with Crippen LogP contribution in [0, 0.1) is 11.8 Å². The third-order valence-electron chi connectivity index (χ3n) is 4.66. The summed E-state index contributed by atoms with van der Waals surface area (Å²) in [6.45, 7) is 6.17.